The maximum absolute atomic E-state index is 11.0. The van der Waals surface area contributed by atoms with E-state index in [1.165, 1.54) is 4.90 Å². The van der Waals surface area contributed by atoms with Crippen LogP contribution in [0, 0.1) is 0 Å². The molecule has 1 fully saturated rings. The molecule has 6 heteroatoms. The Bertz CT molecular complexity index is 376. The normalized spacial score (nSPS) is 22.5. The molecule has 2 atom stereocenters. The van der Waals surface area contributed by atoms with Gasteiger partial charge in [-0.1, -0.05) is 26.8 Å². The van der Waals surface area contributed by atoms with Gasteiger partial charge in [0.1, 0.15) is 0 Å². The lowest BCUT2D eigenvalue weighted by atomic mass is 10.2. The van der Waals surface area contributed by atoms with Crippen molar-refractivity contribution in [2.45, 2.75) is 64.1 Å². The zero-order valence-corrected chi connectivity index (χ0v) is 14.1. The molecule has 1 aliphatic heterocycles. The molecule has 0 saturated carbocycles. The lowest BCUT2D eigenvalue weighted by molar-refractivity contribution is 0.0125. The Kier molecular flexibility index (Phi) is 5.40. The number of likely N-dealkylation sites (tertiary alicyclic amines) is 1. The summed E-state index contributed by atoms with van der Waals surface area (Å²) in [4.78, 5) is 12.4. The monoisotopic (exact) mass is 301 g/mol. The van der Waals surface area contributed by atoms with Gasteiger partial charge < -0.3 is 19.5 Å². The van der Waals surface area contributed by atoms with E-state index in [1.807, 2.05) is 0 Å². The second-order valence-corrected chi connectivity index (χ2v) is 11.6. The second-order valence-electron chi connectivity index (χ2n) is 6.84. The summed E-state index contributed by atoms with van der Waals surface area (Å²) in [6.45, 7) is 11.0. The Balaban J connectivity index is 2.60. The summed E-state index contributed by atoms with van der Waals surface area (Å²) < 4.78 is 5.80. The Morgan fingerprint density at radius 1 is 1.45 bits per heavy atom. The third-order valence-electron chi connectivity index (χ3n) is 4.26. The van der Waals surface area contributed by atoms with Gasteiger partial charge in [-0.25, -0.2) is 4.79 Å². The quantitative estimate of drug-likeness (QED) is 0.476. The molecule has 0 aliphatic carbocycles. The van der Waals surface area contributed by atoms with Crippen LogP contribution >= 0.6 is 0 Å². The maximum atomic E-state index is 11.0. The van der Waals surface area contributed by atoms with Gasteiger partial charge in [0, 0.05) is 6.54 Å². The fraction of sp³-hybridized carbons (Fsp3) is 0.786. The molecule has 1 rings (SSSR count). The molecule has 1 amide bonds. The number of aliphatic hydroxyl groups is 1. The highest BCUT2D eigenvalue weighted by Gasteiger charge is 2.38. The molecule has 1 saturated heterocycles. The van der Waals surface area contributed by atoms with Gasteiger partial charge in [0.15, 0.2) is 14.6 Å². The van der Waals surface area contributed by atoms with Crippen molar-refractivity contribution in [3.05, 3.63) is 12.2 Å². The van der Waals surface area contributed by atoms with Crippen molar-refractivity contribution in [2.75, 3.05) is 6.54 Å². The zero-order valence-electron chi connectivity index (χ0n) is 13.1. The minimum absolute atomic E-state index is 0.0300. The van der Waals surface area contributed by atoms with Gasteiger partial charge in [-0.15, -0.1) is 0 Å². The molecule has 0 aromatic rings. The third-order valence-corrected chi connectivity index (χ3v) is 8.71. The zero-order chi connectivity index (χ0) is 15.6. The van der Waals surface area contributed by atoms with E-state index in [0.717, 1.165) is 12.8 Å². The molecule has 1 heterocycles. The van der Waals surface area contributed by atoms with Crippen molar-refractivity contribution in [1.82, 2.24) is 4.90 Å². The Hall–Kier alpha value is -0.853. The van der Waals surface area contributed by atoms with E-state index in [4.69, 9.17) is 9.53 Å². The van der Waals surface area contributed by atoms with Crippen molar-refractivity contribution in [3.8, 4) is 0 Å². The van der Waals surface area contributed by atoms with E-state index in [2.05, 4.69) is 33.9 Å². The van der Waals surface area contributed by atoms with Gasteiger partial charge in [-0.2, -0.15) is 0 Å². The van der Waals surface area contributed by atoms with Crippen LogP contribution in [0.5, 0.6) is 0 Å². The van der Waals surface area contributed by atoms with E-state index >= 15 is 0 Å². The summed E-state index contributed by atoms with van der Waals surface area (Å²) in [5.74, 6) is 0. The first-order chi connectivity index (χ1) is 9.04. The van der Waals surface area contributed by atoms with E-state index < -0.39 is 20.7 Å². The van der Waals surface area contributed by atoms with Crippen LogP contribution in [-0.2, 0) is 4.43 Å². The predicted octanol–water partition coefficient (Wildman–Crippen LogP) is 3.03. The van der Waals surface area contributed by atoms with Gasteiger partial charge in [-0.05, 0) is 37.0 Å². The molecule has 20 heavy (non-hydrogen) atoms. The van der Waals surface area contributed by atoms with Crippen LogP contribution in [0.3, 0.4) is 0 Å². The highest BCUT2D eigenvalue weighted by molar-refractivity contribution is 6.74. The van der Waals surface area contributed by atoms with Crippen LogP contribution in [0.1, 0.15) is 33.6 Å². The van der Waals surface area contributed by atoms with Crippen LogP contribution in [0.2, 0.25) is 18.1 Å². The van der Waals surface area contributed by atoms with E-state index in [0.29, 0.717) is 6.54 Å². The Morgan fingerprint density at radius 3 is 2.55 bits per heavy atom. The summed E-state index contributed by atoms with van der Waals surface area (Å²) in [6.07, 6.45) is 3.12. The lowest BCUT2D eigenvalue weighted by Crippen LogP contribution is -2.43. The second kappa shape index (κ2) is 6.28. The molecule has 1 aliphatic rings. The molecule has 5 nitrogen and oxygen atoms in total. The van der Waals surface area contributed by atoms with Crippen molar-refractivity contribution in [2.24, 2.45) is 0 Å². The first-order valence-electron chi connectivity index (χ1n) is 7.08. The minimum Gasteiger partial charge on any atom is -0.465 e. The number of aliphatic hydroxyl groups excluding tert-OH is 1. The number of nitrogens with zero attached hydrogens (tertiary/aromatic N) is 1. The van der Waals surface area contributed by atoms with Crippen LogP contribution in [0.4, 0.5) is 4.79 Å². The first kappa shape index (κ1) is 17.2. The topological polar surface area (TPSA) is 70.0 Å². The summed E-state index contributed by atoms with van der Waals surface area (Å²) in [7, 11) is -2.01. The average molecular weight is 301 g/mol. The van der Waals surface area contributed by atoms with Crippen LogP contribution < -0.4 is 0 Å². The molecule has 0 aromatic heterocycles. The summed E-state index contributed by atoms with van der Waals surface area (Å²) >= 11 is 0. The van der Waals surface area contributed by atoms with Crippen LogP contribution in [0.25, 0.3) is 0 Å². The third kappa shape index (κ3) is 4.33. The average Bonchev–Trinajstić information content (AvgIpc) is 2.72. The summed E-state index contributed by atoms with van der Waals surface area (Å²) in [5, 5.41) is 19.1. The summed E-state index contributed by atoms with van der Waals surface area (Å²) in [6, 6.07) is -0.148. The summed E-state index contributed by atoms with van der Waals surface area (Å²) in [5.41, 5.74) is 0. The highest BCUT2D eigenvalue weighted by Crippen LogP contribution is 2.37. The van der Waals surface area contributed by atoms with Gasteiger partial charge in [0.25, 0.3) is 0 Å². The number of amides is 1. The van der Waals surface area contributed by atoms with E-state index in [9.17, 15) is 9.90 Å². The number of rotatable bonds is 4. The smallest absolute Gasteiger partial charge is 0.407 e. The van der Waals surface area contributed by atoms with Crippen molar-refractivity contribution < 1.29 is 19.4 Å². The van der Waals surface area contributed by atoms with E-state index in [-0.39, 0.29) is 11.1 Å². The Labute approximate surface area is 122 Å². The highest BCUT2D eigenvalue weighted by atomic mass is 28.4. The molecule has 116 valence electrons. The molecule has 0 spiro atoms. The van der Waals surface area contributed by atoms with Gasteiger partial charge in [0.2, 0.25) is 0 Å². The predicted molar refractivity (Wildman–Crippen MR) is 81.2 cm³/mol. The maximum Gasteiger partial charge on any atom is 0.407 e. The van der Waals surface area contributed by atoms with Gasteiger partial charge in [0.05, 0.1) is 6.04 Å². The van der Waals surface area contributed by atoms with Crippen LogP contribution in [0.15, 0.2) is 12.2 Å². The van der Waals surface area contributed by atoms with Crippen molar-refractivity contribution in [3.63, 3.8) is 0 Å². The minimum atomic E-state index is -2.01. The fourth-order valence-electron chi connectivity index (χ4n) is 1.97. The number of carbonyl (C=O) groups is 1. The molecule has 2 N–H and O–H groups in total. The van der Waals surface area contributed by atoms with E-state index in [1.54, 1.807) is 12.2 Å². The molecule has 0 aromatic carbocycles. The number of hydrogen-bond acceptors (Lipinski definition) is 3. The largest absolute Gasteiger partial charge is 0.465 e. The van der Waals surface area contributed by atoms with Crippen LogP contribution in [-0.4, -0.2) is 48.4 Å². The molecular weight excluding hydrogens is 274 g/mol. The lowest BCUT2D eigenvalue weighted by Gasteiger charge is -2.37. The number of carboxylic acid groups (broad SMARTS) is 1. The molecular formula is C14H27NO4Si. The SMILES string of the molecule is CC(C)(C)[Si](C)(C)O[C@H](O)/C=C/C1CCCN1C(=O)O. The molecule has 0 bridgehead atoms. The first-order valence-corrected chi connectivity index (χ1v) is 9.99. The molecule has 1 unspecified atom stereocenters. The van der Waals surface area contributed by atoms with Gasteiger partial charge >= 0.3 is 6.09 Å². The van der Waals surface area contributed by atoms with Gasteiger partial charge in [-0.3, -0.25) is 0 Å². The Morgan fingerprint density at radius 2 is 2.05 bits per heavy atom. The fourth-order valence-corrected chi connectivity index (χ4v) is 3.01. The van der Waals surface area contributed by atoms with Crippen molar-refractivity contribution in [1.29, 1.82) is 0 Å². The standard InChI is InChI=1S/C14H27NO4Si/c1-14(2,3)20(4,5)19-12(16)9-8-11-7-6-10-15(11)13(17)18/h8-9,11-12,16H,6-7,10H2,1-5H3,(H,17,18)/b9-8+/t11?,12-/m0/s1. The number of hydrogen-bond donors (Lipinski definition) is 2. The molecule has 0 radical (unpaired) electrons. The van der Waals surface area contributed by atoms with Crippen molar-refractivity contribution >= 4 is 14.4 Å².